The Balaban J connectivity index is 2.41. The molecule has 0 amide bonds. The molecule has 12 heteroatoms. The molecule has 5 N–H and O–H groups in total. The number of phosphoric acid groups is 1. The molecule has 1 fully saturated rings. The summed E-state index contributed by atoms with van der Waals surface area (Å²) in [6.45, 7) is 5.58. The summed E-state index contributed by atoms with van der Waals surface area (Å²) < 4.78 is 26.2. The van der Waals surface area contributed by atoms with Gasteiger partial charge in [-0.25, -0.2) is 4.57 Å². The van der Waals surface area contributed by atoms with Crippen LogP contribution in [0.2, 0.25) is 0 Å². The Morgan fingerprint density at radius 1 is 0.816 bits per heavy atom. The van der Waals surface area contributed by atoms with Crippen LogP contribution in [-0.2, 0) is 28.2 Å². The lowest BCUT2D eigenvalue weighted by Gasteiger charge is -2.20. The van der Waals surface area contributed by atoms with Crippen molar-refractivity contribution in [2.75, 3.05) is 13.2 Å². The van der Waals surface area contributed by atoms with Crippen LogP contribution in [0.3, 0.4) is 0 Å². The highest BCUT2D eigenvalue weighted by Gasteiger charge is 2.39. The molecule has 0 unspecified atom stereocenters. The van der Waals surface area contributed by atoms with E-state index >= 15 is 0 Å². The van der Waals surface area contributed by atoms with Crippen molar-refractivity contribution in [1.29, 1.82) is 0 Å². The number of rotatable bonds is 29. The zero-order valence-electron chi connectivity index (χ0n) is 30.3. The predicted octanol–water partition coefficient (Wildman–Crippen LogP) is 7.08. The van der Waals surface area contributed by atoms with Crippen LogP contribution >= 0.6 is 7.82 Å². The molecule has 1 saturated carbocycles. The second-order valence-electron chi connectivity index (χ2n) is 14.0. The first-order chi connectivity index (χ1) is 23.3. The van der Waals surface area contributed by atoms with E-state index in [0.717, 1.165) is 44.4 Å². The lowest BCUT2D eigenvalue weighted by molar-refractivity contribution is -0.160. The van der Waals surface area contributed by atoms with Crippen molar-refractivity contribution >= 4 is 19.8 Å². The highest BCUT2D eigenvalue weighted by molar-refractivity contribution is 7.46. The number of aliphatic hydroxyl groups is 3. The maximum atomic E-state index is 12.5. The molecular formula is C37H67O11P. The van der Waals surface area contributed by atoms with Crippen molar-refractivity contribution in [3.05, 3.63) is 24.3 Å². The van der Waals surface area contributed by atoms with Gasteiger partial charge in [0.25, 0.3) is 0 Å². The average molecular weight is 719 g/mol. The molecule has 11 nitrogen and oxygen atoms in total. The van der Waals surface area contributed by atoms with Gasteiger partial charge in [-0.1, -0.05) is 129 Å². The van der Waals surface area contributed by atoms with E-state index in [9.17, 15) is 29.5 Å². The predicted molar refractivity (Wildman–Crippen MR) is 190 cm³/mol. The minimum absolute atomic E-state index is 0.166. The highest BCUT2D eigenvalue weighted by atomic mass is 31.2. The summed E-state index contributed by atoms with van der Waals surface area (Å²) >= 11 is 0. The molecule has 0 aromatic heterocycles. The number of hydrogen-bond acceptors (Lipinski definition) is 9. The number of phosphoric ester groups is 1. The second-order valence-corrected chi connectivity index (χ2v) is 15.3. The lowest BCUT2D eigenvalue weighted by Crippen LogP contribution is -2.29. The van der Waals surface area contributed by atoms with Crippen LogP contribution < -0.4 is 0 Å². The number of carbonyl (C=O) groups excluding carboxylic acids is 2. The summed E-state index contributed by atoms with van der Waals surface area (Å²) in [5, 5.41) is 31.1. The molecule has 0 bridgehead atoms. The van der Waals surface area contributed by atoms with E-state index in [1.807, 2.05) is 0 Å². The molecule has 0 aromatic carbocycles. The summed E-state index contributed by atoms with van der Waals surface area (Å²) in [5.41, 5.74) is 0. The molecular weight excluding hydrogens is 651 g/mol. The van der Waals surface area contributed by atoms with Gasteiger partial charge in [0.1, 0.15) is 6.61 Å². The first-order valence-corrected chi connectivity index (χ1v) is 20.3. The van der Waals surface area contributed by atoms with Gasteiger partial charge in [-0.2, -0.15) is 0 Å². The molecule has 0 spiro atoms. The molecule has 0 aromatic rings. The number of ether oxygens (including phenoxy) is 2. The van der Waals surface area contributed by atoms with E-state index in [-0.39, 0.29) is 31.1 Å². The summed E-state index contributed by atoms with van der Waals surface area (Å²) in [4.78, 5) is 43.0. The van der Waals surface area contributed by atoms with Crippen molar-refractivity contribution in [1.82, 2.24) is 0 Å². The van der Waals surface area contributed by atoms with E-state index in [0.29, 0.717) is 19.3 Å². The fourth-order valence-corrected chi connectivity index (χ4v) is 6.48. The Morgan fingerprint density at radius 3 is 2.04 bits per heavy atom. The van der Waals surface area contributed by atoms with Crippen LogP contribution in [0.1, 0.15) is 143 Å². The minimum Gasteiger partial charge on any atom is -0.462 e. The first-order valence-electron chi connectivity index (χ1n) is 18.7. The molecule has 1 aliphatic carbocycles. The standard InChI is InChI=1S/C37H67O11P/c1-4-5-14-20-30(38)24-25-33-32(34(39)26-35(33)40)21-17-18-23-37(42)48-31(28-47-49(43,44)45)27-46-36(41)22-16-13-11-9-7-6-8-10-12-15-19-29(2)3/h17-18,24-25,29-35,38-40H,4-16,19-23,26-28H2,1-3H3,(H2,43,44,45)/b18-17-,25-24+/t30-,31-,32+,33-,34+,35-/m1/s1. The van der Waals surface area contributed by atoms with Gasteiger partial charge >= 0.3 is 19.8 Å². The van der Waals surface area contributed by atoms with E-state index in [1.54, 1.807) is 24.3 Å². The zero-order chi connectivity index (χ0) is 36.5. The smallest absolute Gasteiger partial charge is 0.462 e. The van der Waals surface area contributed by atoms with Crippen molar-refractivity contribution in [3.63, 3.8) is 0 Å². The first kappa shape index (κ1) is 45.4. The quantitative estimate of drug-likeness (QED) is 0.0231. The summed E-state index contributed by atoms with van der Waals surface area (Å²) in [6.07, 6.45) is 20.4. The Hall–Kier alpha value is -1.59. The van der Waals surface area contributed by atoms with Crippen molar-refractivity contribution in [3.8, 4) is 0 Å². The molecule has 286 valence electrons. The van der Waals surface area contributed by atoms with E-state index in [2.05, 4.69) is 25.3 Å². The second kappa shape index (κ2) is 27.1. The Kier molecular flexibility index (Phi) is 25.1. The monoisotopic (exact) mass is 718 g/mol. The third kappa shape index (κ3) is 24.3. The Bertz CT molecular complexity index is 979. The number of aliphatic hydroxyl groups excluding tert-OH is 3. The largest absolute Gasteiger partial charge is 0.469 e. The van der Waals surface area contributed by atoms with E-state index in [4.69, 9.17) is 19.3 Å². The summed E-state index contributed by atoms with van der Waals surface area (Å²) in [5.74, 6) is -1.04. The van der Waals surface area contributed by atoms with Gasteiger partial charge in [-0.15, -0.1) is 0 Å². The van der Waals surface area contributed by atoms with Crippen LogP contribution in [0.4, 0.5) is 0 Å². The molecule has 0 heterocycles. The van der Waals surface area contributed by atoms with Gasteiger partial charge in [-0.05, 0) is 31.1 Å². The van der Waals surface area contributed by atoms with E-state index < -0.39 is 57.4 Å². The van der Waals surface area contributed by atoms with Crippen molar-refractivity contribution in [2.24, 2.45) is 17.8 Å². The molecule has 49 heavy (non-hydrogen) atoms. The van der Waals surface area contributed by atoms with Crippen LogP contribution in [0, 0.1) is 17.8 Å². The molecule has 0 aliphatic heterocycles. The number of unbranched alkanes of at least 4 members (excludes halogenated alkanes) is 11. The van der Waals surface area contributed by atoms with Crippen LogP contribution in [0.5, 0.6) is 0 Å². The highest BCUT2D eigenvalue weighted by Crippen LogP contribution is 2.37. The number of carbonyl (C=O) groups is 2. The molecule has 1 aliphatic rings. The van der Waals surface area contributed by atoms with Crippen LogP contribution in [0.15, 0.2) is 24.3 Å². The fraction of sp³-hybridized carbons (Fsp3) is 0.838. The maximum Gasteiger partial charge on any atom is 0.469 e. The van der Waals surface area contributed by atoms with Crippen LogP contribution in [-0.4, -0.2) is 74.7 Å². The Labute approximate surface area is 295 Å². The number of allylic oxidation sites excluding steroid dienone is 1. The number of esters is 2. The summed E-state index contributed by atoms with van der Waals surface area (Å²) in [7, 11) is -4.84. The topological polar surface area (TPSA) is 180 Å². The van der Waals surface area contributed by atoms with Gasteiger partial charge in [0.2, 0.25) is 0 Å². The SMILES string of the molecule is CCCCC[C@@H](O)/C=C/[C@@H]1[C@H](C/C=C\CC(=O)O[C@H](COC(=O)CCCCCCCCCCCCC(C)C)COP(=O)(O)O)[C@@H](O)C[C@H]1O. The molecule has 0 saturated heterocycles. The minimum atomic E-state index is -4.84. The van der Waals surface area contributed by atoms with Gasteiger partial charge in [0, 0.05) is 18.8 Å². The summed E-state index contributed by atoms with van der Waals surface area (Å²) in [6, 6.07) is 0. The van der Waals surface area contributed by atoms with Gasteiger partial charge in [0.15, 0.2) is 6.10 Å². The fourth-order valence-electron chi connectivity index (χ4n) is 6.12. The lowest BCUT2D eigenvalue weighted by atomic mass is 9.89. The molecule has 0 radical (unpaired) electrons. The normalized spacial score (nSPS) is 21.2. The zero-order valence-corrected chi connectivity index (χ0v) is 31.2. The van der Waals surface area contributed by atoms with Gasteiger partial charge in [0.05, 0.1) is 31.3 Å². The molecule has 6 atom stereocenters. The van der Waals surface area contributed by atoms with Crippen molar-refractivity contribution < 1.29 is 53.3 Å². The number of hydrogen-bond donors (Lipinski definition) is 5. The van der Waals surface area contributed by atoms with Crippen molar-refractivity contribution in [2.45, 2.75) is 167 Å². The van der Waals surface area contributed by atoms with Crippen LogP contribution in [0.25, 0.3) is 0 Å². The van der Waals surface area contributed by atoms with Gasteiger partial charge in [-0.3, -0.25) is 14.1 Å². The molecule has 1 rings (SSSR count). The van der Waals surface area contributed by atoms with Gasteiger partial charge < -0.3 is 34.6 Å². The Morgan fingerprint density at radius 2 is 1.43 bits per heavy atom. The average Bonchev–Trinajstić information content (AvgIpc) is 3.30. The third-order valence-electron chi connectivity index (χ3n) is 9.00. The maximum absolute atomic E-state index is 12.5. The third-order valence-corrected chi connectivity index (χ3v) is 9.49. The van der Waals surface area contributed by atoms with E-state index in [1.165, 1.54) is 44.9 Å².